The summed E-state index contributed by atoms with van der Waals surface area (Å²) in [5.41, 5.74) is 0. The number of nitrogens with one attached hydrogen (secondary N) is 1. The van der Waals surface area contributed by atoms with Crippen LogP contribution in [-0.2, 0) is 0 Å². The summed E-state index contributed by atoms with van der Waals surface area (Å²) in [4.78, 5) is 2.80. The second kappa shape index (κ2) is 7.79. The lowest BCUT2D eigenvalue weighted by atomic mass is 9.89. The fraction of sp³-hybridized carbons (Fsp3) is 1.00. The molecule has 0 aromatic heterocycles. The Morgan fingerprint density at radius 2 is 1.90 bits per heavy atom. The molecule has 1 heterocycles. The molecule has 2 nitrogen and oxygen atoms in total. The molecule has 1 aliphatic heterocycles. The second-order valence-corrected chi connectivity index (χ2v) is 7.76. The summed E-state index contributed by atoms with van der Waals surface area (Å²) in [6.07, 6.45) is 8.42. The second-order valence-electron chi connectivity index (χ2n) is 7.76. The lowest BCUT2D eigenvalue weighted by molar-refractivity contribution is 0.0902. The Labute approximate surface area is 126 Å². The maximum absolute atomic E-state index is 3.84. The van der Waals surface area contributed by atoms with Crippen LogP contribution in [0, 0.1) is 17.8 Å². The van der Waals surface area contributed by atoms with Crippen LogP contribution in [0.25, 0.3) is 0 Å². The number of piperidine rings is 1. The van der Waals surface area contributed by atoms with Gasteiger partial charge >= 0.3 is 0 Å². The first kappa shape index (κ1) is 16.3. The van der Waals surface area contributed by atoms with Crippen LogP contribution in [0.5, 0.6) is 0 Å². The van der Waals surface area contributed by atoms with E-state index in [2.05, 4.69) is 37.9 Å². The summed E-state index contributed by atoms with van der Waals surface area (Å²) >= 11 is 0. The van der Waals surface area contributed by atoms with Gasteiger partial charge < -0.3 is 5.32 Å². The van der Waals surface area contributed by atoms with E-state index in [0.717, 1.165) is 29.8 Å². The first-order valence-electron chi connectivity index (χ1n) is 9.07. The fourth-order valence-electron chi connectivity index (χ4n) is 3.79. The summed E-state index contributed by atoms with van der Waals surface area (Å²) in [7, 11) is 0. The standard InChI is InChI=1S/C18H36N2/c1-5-6-16-11-18(19-10-9-14(2)3)13-20(12-16)15(4)17-7-8-17/h14-19H,5-13H2,1-4H3. The molecular formula is C18H36N2. The molecule has 118 valence electrons. The normalized spacial score (nSPS) is 29.9. The molecule has 3 atom stereocenters. The van der Waals surface area contributed by atoms with E-state index in [9.17, 15) is 0 Å². The highest BCUT2D eigenvalue weighted by molar-refractivity contribution is 4.91. The van der Waals surface area contributed by atoms with Gasteiger partial charge in [-0.25, -0.2) is 0 Å². The zero-order valence-electron chi connectivity index (χ0n) is 14.2. The smallest absolute Gasteiger partial charge is 0.0198 e. The van der Waals surface area contributed by atoms with Crippen molar-refractivity contribution in [2.75, 3.05) is 19.6 Å². The highest BCUT2D eigenvalue weighted by Crippen LogP contribution is 2.37. The molecule has 2 heteroatoms. The number of hydrogen-bond acceptors (Lipinski definition) is 2. The van der Waals surface area contributed by atoms with E-state index in [4.69, 9.17) is 0 Å². The first-order valence-corrected chi connectivity index (χ1v) is 9.07. The topological polar surface area (TPSA) is 15.3 Å². The van der Waals surface area contributed by atoms with Crippen molar-refractivity contribution >= 4 is 0 Å². The Kier molecular flexibility index (Phi) is 6.35. The van der Waals surface area contributed by atoms with E-state index in [1.54, 1.807) is 0 Å². The molecule has 0 aromatic rings. The Bertz CT molecular complexity index is 273. The minimum atomic E-state index is 0.736. The Hall–Kier alpha value is -0.0800. The monoisotopic (exact) mass is 280 g/mol. The molecule has 0 aromatic carbocycles. The summed E-state index contributed by atoms with van der Waals surface area (Å²) in [5, 5.41) is 3.84. The van der Waals surface area contributed by atoms with Crippen LogP contribution in [0.3, 0.4) is 0 Å². The summed E-state index contributed by atoms with van der Waals surface area (Å²) in [5.74, 6) is 2.75. The summed E-state index contributed by atoms with van der Waals surface area (Å²) in [6.45, 7) is 13.3. The van der Waals surface area contributed by atoms with E-state index in [1.807, 2.05) is 0 Å². The van der Waals surface area contributed by atoms with Crippen LogP contribution < -0.4 is 5.32 Å². The van der Waals surface area contributed by atoms with Crippen molar-refractivity contribution in [3.8, 4) is 0 Å². The number of rotatable bonds is 8. The van der Waals surface area contributed by atoms with Crippen molar-refractivity contribution in [1.82, 2.24) is 10.2 Å². The van der Waals surface area contributed by atoms with E-state index >= 15 is 0 Å². The molecule has 1 N–H and O–H groups in total. The predicted octanol–water partition coefficient (Wildman–Crippen LogP) is 3.91. The largest absolute Gasteiger partial charge is 0.313 e. The number of nitrogens with zero attached hydrogens (tertiary/aromatic N) is 1. The van der Waals surface area contributed by atoms with Crippen LogP contribution in [0.1, 0.15) is 66.2 Å². The van der Waals surface area contributed by atoms with Gasteiger partial charge in [0.25, 0.3) is 0 Å². The van der Waals surface area contributed by atoms with Crippen LogP contribution in [0.15, 0.2) is 0 Å². The molecule has 0 bridgehead atoms. The predicted molar refractivity (Wildman–Crippen MR) is 88.0 cm³/mol. The van der Waals surface area contributed by atoms with Crippen molar-refractivity contribution in [2.45, 2.75) is 78.3 Å². The summed E-state index contributed by atoms with van der Waals surface area (Å²) < 4.78 is 0. The minimum absolute atomic E-state index is 0.736. The Balaban J connectivity index is 1.83. The van der Waals surface area contributed by atoms with Gasteiger partial charge in [0.2, 0.25) is 0 Å². The zero-order valence-corrected chi connectivity index (χ0v) is 14.2. The third-order valence-corrected chi connectivity index (χ3v) is 5.30. The molecule has 1 saturated carbocycles. The molecule has 2 rings (SSSR count). The SMILES string of the molecule is CCCC1CC(NCCC(C)C)CN(C(C)C2CC2)C1. The van der Waals surface area contributed by atoms with Gasteiger partial charge in [-0.1, -0.05) is 27.2 Å². The van der Waals surface area contributed by atoms with Crippen LogP contribution in [0.2, 0.25) is 0 Å². The Morgan fingerprint density at radius 1 is 1.15 bits per heavy atom. The van der Waals surface area contributed by atoms with E-state index in [-0.39, 0.29) is 0 Å². The lowest BCUT2D eigenvalue weighted by Crippen LogP contribution is -2.52. The molecule has 1 saturated heterocycles. The molecule has 0 radical (unpaired) electrons. The van der Waals surface area contributed by atoms with Crippen LogP contribution >= 0.6 is 0 Å². The van der Waals surface area contributed by atoms with Crippen molar-refractivity contribution in [3.63, 3.8) is 0 Å². The molecule has 2 fully saturated rings. The van der Waals surface area contributed by atoms with Gasteiger partial charge in [0.1, 0.15) is 0 Å². The minimum Gasteiger partial charge on any atom is -0.313 e. The van der Waals surface area contributed by atoms with Gasteiger partial charge in [-0.15, -0.1) is 0 Å². The van der Waals surface area contributed by atoms with Crippen LogP contribution in [0.4, 0.5) is 0 Å². The maximum atomic E-state index is 3.84. The van der Waals surface area contributed by atoms with Crippen LogP contribution in [-0.4, -0.2) is 36.6 Å². The van der Waals surface area contributed by atoms with Gasteiger partial charge in [0.05, 0.1) is 0 Å². The van der Waals surface area contributed by atoms with Crippen molar-refractivity contribution < 1.29 is 0 Å². The molecule has 20 heavy (non-hydrogen) atoms. The van der Waals surface area contributed by atoms with Gasteiger partial charge in [-0.05, 0) is 63.3 Å². The van der Waals surface area contributed by atoms with E-state index in [1.165, 1.54) is 58.2 Å². The molecule has 2 aliphatic rings. The first-order chi connectivity index (χ1) is 9.60. The highest BCUT2D eigenvalue weighted by Gasteiger charge is 2.36. The van der Waals surface area contributed by atoms with E-state index in [0.29, 0.717) is 0 Å². The molecule has 1 aliphatic carbocycles. The van der Waals surface area contributed by atoms with Gasteiger partial charge in [0.15, 0.2) is 0 Å². The number of likely N-dealkylation sites (tertiary alicyclic amines) is 1. The fourth-order valence-corrected chi connectivity index (χ4v) is 3.79. The average Bonchev–Trinajstić information content (AvgIpc) is 3.22. The maximum Gasteiger partial charge on any atom is 0.0198 e. The lowest BCUT2D eigenvalue weighted by Gasteiger charge is -2.41. The van der Waals surface area contributed by atoms with Gasteiger partial charge in [-0.2, -0.15) is 0 Å². The summed E-state index contributed by atoms with van der Waals surface area (Å²) in [6, 6.07) is 1.56. The van der Waals surface area contributed by atoms with Gasteiger partial charge in [0, 0.05) is 25.2 Å². The average molecular weight is 281 g/mol. The van der Waals surface area contributed by atoms with Gasteiger partial charge in [-0.3, -0.25) is 4.90 Å². The molecule has 0 amide bonds. The third kappa shape index (κ3) is 5.04. The third-order valence-electron chi connectivity index (χ3n) is 5.30. The van der Waals surface area contributed by atoms with Crippen molar-refractivity contribution in [3.05, 3.63) is 0 Å². The highest BCUT2D eigenvalue weighted by atomic mass is 15.2. The molecule has 3 unspecified atom stereocenters. The molecule has 0 spiro atoms. The number of hydrogen-bond donors (Lipinski definition) is 1. The Morgan fingerprint density at radius 3 is 2.50 bits per heavy atom. The van der Waals surface area contributed by atoms with Crippen molar-refractivity contribution in [1.29, 1.82) is 0 Å². The zero-order chi connectivity index (χ0) is 14.5. The molecular weight excluding hydrogens is 244 g/mol. The van der Waals surface area contributed by atoms with Crippen molar-refractivity contribution in [2.24, 2.45) is 17.8 Å². The van der Waals surface area contributed by atoms with E-state index < -0.39 is 0 Å². The quantitative estimate of drug-likeness (QED) is 0.725.